The Bertz CT molecular complexity index is 1100. The second kappa shape index (κ2) is 8.08. The minimum atomic E-state index is -0.377. The maximum Gasteiger partial charge on any atom is 0.260 e. The van der Waals surface area contributed by atoms with Crippen LogP contribution in [0.3, 0.4) is 0 Å². The van der Waals surface area contributed by atoms with E-state index in [4.69, 9.17) is 11.6 Å². The Kier molecular flexibility index (Phi) is 5.36. The van der Waals surface area contributed by atoms with E-state index in [1.165, 1.54) is 35.6 Å². The van der Waals surface area contributed by atoms with E-state index in [9.17, 15) is 9.18 Å². The molecule has 4 rings (SSSR count). The van der Waals surface area contributed by atoms with Gasteiger partial charge in [0.1, 0.15) is 5.82 Å². The van der Waals surface area contributed by atoms with Crippen LogP contribution in [0, 0.1) is 5.82 Å². The molecule has 0 aliphatic rings. The molecule has 1 amide bonds. The Balaban J connectivity index is 1.62. The molecule has 0 N–H and O–H groups in total. The predicted octanol–water partition coefficient (Wildman–Crippen LogP) is 5.02. The fourth-order valence-electron chi connectivity index (χ4n) is 2.86. The van der Waals surface area contributed by atoms with Crippen LogP contribution in [0.2, 0.25) is 5.02 Å². The average molecular weight is 415 g/mol. The van der Waals surface area contributed by atoms with Crippen LogP contribution in [0.4, 0.5) is 9.52 Å². The maximum atomic E-state index is 13.3. The molecule has 5 nitrogen and oxygen atoms in total. The van der Waals surface area contributed by atoms with E-state index in [0.29, 0.717) is 22.3 Å². The lowest BCUT2D eigenvalue weighted by Crippen LogP contribution is -2.32. The number of thiazole rings is 1. The summed E-state index contributed by atoms with van der Waals surface area (Å²) in [5.41, 5.74) is 1.21. The summed E-state index contributed by atoms with van der Waals surface area (Å²) >= 11 is 7.49. The average Bonchev–Trinajstić information content (AvgIpc) is 3.34. The number of benzene rings is 2. The summed E-state index contributed by atoms with van der Waals surface area (Å²) < 4.78 is 16.1. The van der Waals surface area contributed by atoms with Crippen molar-refractivity contribution in [1.29, 1.82) is 0 Å². The number of amides is 1. The van der Waals surface area contributed by atoms with E-state index in [1.807, 2.05) is 22.9 Å². The van der Waals surface area contributed by atoms with Crippen LogP contribution in [-0.4, -0.2) is 27.0 Å². The number of halogens is 2. The number of imidazole rings is 1. The molecule has 0 spiro atoms. The largest absolute Gasteiger partial charge is 0.337 e. The van der Waals surface area contributed by atoms with Crippen LogP contribution < -0.4 is 4.90 Å². The molecule has 0 radical (unpaired) electrons. The zero-order valence-electron chi connectivity index (χ0n) is 14.8. The van der Waals surface area contributed by atoms with Crippen LogP contribution in [0.5, 0.6) is 0 Å². The number of nitrogens with zero attached hydrogens (tertiary/aromatic N) is 4. The van der Waals surface area contributed by atoms with Crippen molar-refractivity contribution >= 4 is 44.2 Å². The lowest BCUT2D eigenvalue weighted by molar-refractivity contribution is 0.0986. The van der Waals surface area contributed by atoms with Crippen LogP contribution in [-0.2, 0) is 6.54 Å². The minimum Gasteiger partial charge on any atom is -0.337 e. The lowest BCUT2D eigenvalue weighted by atomic mass is 10.2. The third-order valence-corrected chi connectivity index (χ3v) is 5.54. The highest BCUT2D eigenvalue weighted by Crippen LogP contribution is 2.31. The zero-order valence-corrected chi connectivity index (χ0v) is 16.3. The number of aryl methyl sites for hydroxylation is 1. The van der Waals surface area contributed by atoms with E-state index in [-0.39, 0.29) is 11.7 Å². The van der Waals surface area contributed by atoms with Crippen molar-refractivity contribution in [3.8, 4) is 0 Å². The molecule has 0 bridgehead atoms. The summed E-state index contributed by atoms with van der Waals surface area (Å²) in [6.45, 7) is 1.20. The fraction of sp³-hybridized carbons (Fsp3) is 0.150. The van der Waals surface area contributed by atoms with Gasteiger partial charge in [0.2, 0.25) is 0 Å². The number of anilines is 1. The number of hydrogen-bond donors (Lipinski definition) is 0. The molecule has 0 aliphatic heterocycles. The van der Waals surface area contributed by atoms with Crippen molar-refractivity contribution in [1.82, 2.24) is 14.5 Å². The van der Waals surface area contributed by atoms with Crippen LogP contribution in [0.1, 0.15) is 16.8 Å². The molecule has 28 heavy (non-hydrogen) atoms. The highest BCUT2D eigenvalue weighted by molar-refractivity contribution is 7.22. The topological polar surface area (TPSA) is 51.0 Å². The van der Waals surface area contributed by atoms with Crippen molar-refractivity contribution in [3.05, 3.63) is 77.6 Å². The van der Waals surface area contributed by atoms with Crippen molar-refractivity contribution in [2.24, 2.45) is 0 Å². The third kappa shape index (κ3) is 4.05. The van der Waals surface area contributed by atoms with E-state index in [1.54, 1.807) is 23.5 Å². The van der Waals surface area contributed by atoms with Crippen LogP contribution >= 0.6 is 22.9 Å². The quantitative estimate of drug-likeness (QED) is 0.445. The summed E-state index contributed by atoms with van der Waals surface area (Å²) in [6.07, 6.45) is 6.07. The molecule has 2 aromatic carbocycles. The van der Waals surface area contributed by atoms with Gasteiger partial charge >= 0.3 is 0 Å². The first kappa shape index (κ1) is 18.6. The highest BCUT2D eigenvalue weighted by Gasteiger charge is 2.21. The first-order valence-corrected chi connectivity index (χ1v) is 9.89. The van der Waals surface area contributed by atoms with Gasteiger partial charge in [-0.05, 0) is 48.9 Å². The van der Waals surface area contributed by atoms with Gasteiger partial charge in [-0.2, -0.15) is 0 Å². The highest BCUT2D eigenvalue weighted by atomic mass is 35.5. The molecule has 2 aromatic heterocycles. The fourth-order valence-corrected chi connectivity index (χ4v) is 4.13. The van der Waals surface area contributed by atoms with Gasteiger partial charge in [-0.15, -0.1) is 0 Å². The van der Waals surface area contributed by atoms with Gasteiger partial charge in [0.05, 0.1) is 16.5 Å². The van der Waals surface area contributed by atoms with Crippen molar-refractivity contribution in [3.63, 3.8) is 0 Å². The molecule has 0 atom stereocenters. The Labute approximate surface area is 170 Å². The van der Waals surface area contributed by atoms with Gasteiger partial charge in [0.15, 0.2) is 5.13 Å². The Morgan fingerprint density at radius 3 is 2.79 bits per heavy atom. The summed E-state index contributed by atoms with van der Waals surface area (Å²) in [4.78, 5) is 23.4. The Morgan fingerprint density at radius 1 is 1.21 bits per heavy atom. The van der Waals surface area contributed by atoms with Gasteiger partial charge in [-0.1, -0.05) is 22.9 Å². The van der Waals surface area contributed by atoms with Gasteiger partial charge in [0.25, 0.3) is 5.91 Å². The minimum absolute atomic E-state index is 0.212. The maximum absolute atomic E-state index is 13.3. The standard InChI is InChI=1S/C20H16ClFN4OS/c21-15-4-7-17-18(12-15)28-20(24-17)26(10-1-9-25-11-8-23-13-25)19(27)14-2-5-16(22)6-3-14/h2-8,11-13H,1,9-10H2. The molecule has 0 fully saturated rings. The summed E-state index contributed by atoms with van der Waals surface area (Å²) in [7, 11) is 0. The van der Waals surface area contributed by atoms with E-state index >= 15 is 0 Å². The molecular weight excluding hydrogens is 399 g/mol. The Morgan fingerprint density at radius 2 is 2.04 bits per heavy atom. The molecule has 0 aliphatic carbocycles. The smallest absolute Gasteiger partial charge is 0.260 e. The number of hydrogen-bond acceptors (Lipinski definition) is 4. The lowest BCUT2D eigenvalue weighted by Gasteiger charge is -2.20. The second-order valence-electron chi connectivity index (χ2n) is 6.23. The number of aromatic nitrogens is 3. The molecule has 0 unspecified atom stereocenters. The SMILES string of the molecule is O=C(c1ccc(F)cc1)N(CCCn1ccnc1)c1nc2ccc(Cl)cc2s1. The van der Waals surface area contributed by atoms with Crippen LogP contribution in [0.15, 0.2) is 61.2 Å². The first-order valence-electron chi connectivity index (χ1n) is 8.69. The second-order valence-corrected chi connectivity index (χ2v) is 7.67. The summed E-state index contributed by atoms with van der Waals surface area (Å²) in [6, 6.07) is 11.0. The van der Waals surface area contributed by atoms with E-state index in [0.717, 1.165) is 23.2 Å². The molecule has 8 heteroatoms. The number of carbonyl (C=O) groups is 1. The van der Waals surface area contributed by atoms with E-state index in [2.05, 4.69) is 9.97 Å². The zero-order chi connectivity index (χ0) is 19.5. The van der Waals surface area contributed by atoms with Gasteiger partial charge in [-0.25, -0.2) is 14.4 Å². The van der Waals surface area contributed by atoms with Crippen LogP contribution in [0.25, 0.3) is 10.2 Å². The normalized spacial score (nSPS) is 11.1. The van der Waals surface area contributed by atoms with Gasteiger partial charge in [0, 0.05) is 36.1 Å². The van der Waals surface area contributed by atoms with Crippen molar-refractivity contribution in [2.75, 3.05) is 11.4 Å². The number of rotatable bonds is 6. The number of carbonyl (C=O) groups excluding carboxylic acids is 1. The molecular formula is C20H16ClFN4OS. The number of fused-ring (bicyclic) bond motifs is 1. The molecule has 0 saturated carbocycles. The van der Waals surface area contributed by atoms with E-state index < -0.39 is 0 Å². The molecule has 0 saturated heterocycles. The third-order valence-electron chi connectivity index (χ3n) is 4.26. The first-order chi connectivity index (χ1) is 13.6. The predicted molar refractivity (Wildman–Crippen MR) is 110 cm³/mol. The van der Waals surface area contributed by atoms with Gasteiger partial charge in [-0.3, -0.25) is 9.69 Å². The van der Waals surface area contributed by atoms with Gasteiger partial charge < -0.3 is 4.57 Å². The summed E-state index contributed by atoms with van der Waals surface area (Å²) in [5, 5.41) is 1.22. The Hall–Kier alpha value is -2.77. The molecule has 2 heterocycles. The molecule has 4 aromatic rings. The molecule has 142 valence electrons. The summed E-state index contributed by atoms with van der Waals surface area (Å²) in [5.74, 6) is -0.589. The monoisotopic (exact) mass is 414 g/mol. The van der Waals surface area contributed by atoms with Crippen molar-refractivity contribution < 1.29 is 9.18 Å². The van der Waals surface area contributed by atoms with Crippen molar-refractivity contribution in [2.45, 2.75) is 13.0 Å².